The summed E-state index contributed by atoms with van der Waals surface area (Å²) in [4.78, 5) is 16.7. The van der Waals surface area contributed by atoms with Crippen molar-refractivity contribution >= 4 is 17.3 Å². The maximum Gasteiger partial charge on any atom is 0.332 e. The van der Waals surface area contributed by atoms with Crippen molar-refractivity contribution in [1.82, 2.24) is 4.90 Å². The van der Waals surface area contributed by atoms with Crippen LogP contribution in [0.5, 0.6) is 0 Å². The maximum absolute atomic E-state index is 13.2. The second kappa shape index (κ2) is 8.67. The predicted octanol–water partition coefficient (Wildman–Crippen LogP) is 0.235. The minimum atomic E-state index is -0.629. The molecule has 0 radical (unpaired) electrons. The summed E-state index contributed by atoms with van der Waals surface area (Å²) in [7, 11) is 4.50. The highest BCUT2D eigenvalue weighted by Crippen LogP contribution is 2.36. The molecule has 25 heavy (non-hydrogen) atoms. The van der Waals surface area contributed by atoms with Crippen LogP contribution < -0.4 is 24.0 Å². The Labute approximate surface area is 173 Å². The van der Waals surface area contributed by atoms with Gasteiger partial charge in [0.25, 0.3) is 0 Å². The Bertz CT molecular complexity index is 548. The molecule has 4 nitrogen and oxygen atoms in total. The summed E-state index contributed by atoms with van der Waals surface area (Å²) in [6.07, 6.45) is 5.63. The molecule has 2 fully saturated rings. The summed E-state index contributed by atoms with van der Waals surface area (Å²) in [5, 5.41) is 2.06. The van der Waals surface area contributed by atoms with Crippen molar-refractivity contribution in [2.45, 2.75) is 50.7 Å². The number of halogens is 1. The zero-order valence-corrected chi connectivity index (χ0v) is 18.6. The fourth-order valence-corrected chi connectivity index (χ4v) is 4.81. The Hall–Kier alpha value is -0.180. The topological polar surface area (TPSA) is 29.5 Å². The predicted molar refractivity (Wildman–Crippen MR) is 98.1 cm³/mol. The number of quaternary nitrogens is 1. The summed E-state index contributed by atoms with van der Waals surface area (Å²) in [5.74, 6) is -0.0518. The summed E-state index contributed by atoms with van der Waals surface area (Å²) in [6, 6.07) is 4.12. The monoisotopic (exact) mass is 478 g/mol. The van der Waals surface area contributed by atoms with E-state index in [4.69, 9.17) is 4.74 Å². The minimum Gasteiger partial charge on any atom is -1.00 e. The van der Waals surface area contributed by atoms with E-state index in [1.54, 1.807) is 11.3 Å². The van der Waals surface area contributed by atoms with Gasteiger partial charge in [-0.25, -0.2) is 4.79 Å². The Balaban J connectivity index is 0.00000225. The van der Waals surface area contributed by atoms with Gasteiger partial charge >= 0.3 is 5.97 Å². The number of ether oxygens (including phenoxy) is 1. The molecule has 0 saturated carbocycles. The van der Waals surface area contributed by atoms with E-state index in [9.17, 15) is 4.79 Å². The number of likely N-dealkylation sites (tertiary alicyclic amines) is 2. The van der Waals surface area contributed by atoms with Crippen LogP contribution in [-0.4, -0.2) is 61.7 Å². The second-order valence-electron chi connectivity index (χ2n) is 8.08. The lowest BCUT2D eigenvalue weighted by molar-refractivity contribution is -0.896. The van der Waals surface area contributed by atoms with Crippen LogP contribution in [0, 0.1) is 0 Å². The van der Waals surface area contributed by atoms with Gasteiger partial charge in [0.05, 0.1) is 27.2 Å². The zero-order chi connectivity index (χ0) is 17.2. The van der Waals surface area contributed by atoms with E-state index in [0.29, 0.717) is 0 Å². The number of hydrogen-bond acceptors (Lipinski definition) is 4. The lowest BCUT2D eigenvalue weighted by Gasteiger charge is -2.42. The quantitative estimate of drug-likeness (QED) is 0.353. The van der Waals surface area contributed by atoms with Gasteiger partial charge < -0.3 is 33.2 Å². The highest BCUT2D eigenvalue weighted by atomic mass is 127. The molecule has 0 bridgehead atoms. The first-order chi connectivity index (χ1) is 11.4. The molecule has 3 rings (SSSR count). The molecular formula is C19H31IN2O2S. The molecule has 0 aliphatic carbocycles. The van der Waals surface area contributed by atoms with Crippen LogP contribution in [0.15, 0.2) is 17.5 Å². The SMILES string of the molecule is CC(C(=O)OC1CC[N+](C)(C)CC1)(c1cccs1)N1CCCCC1.[I-]. The van der Waals surface area contributed by atoms with E-state index < -0.39 is 5.54 Å². The van der Waals surface area contributed by atoms with Crippen LogP contribution >= 0.6 is 11.3 Å². The first-order valence-electron chi connectivity index (χ1n) is 9.24. The molecule has 2 saturated heterocycles. The molecular weight excluding hydrogens is 447 g/mol. The Morgan fingerprint density at radius 1 is 1.24 bits per heavy atom. The molecule has 1 aromatic rings. The molecule has 0 N–H and O–H groups in total. The van der Waals surface area contributed by atoms with Crippen LogP contribution in [0.25, 0.3) is 0 Å². The summed E-state index contributed by atoms with van der Waals surface area (Å²) < 4.78 is 7.07. The fraction of sp³-hybridized carbons (Fsp3) is 0.737. The Kier molecular flexibility index (Phi) is 7.33. The molecule has 3 heterocycles. The maximum atomic E-state index is 13.2. The van der Waals surface area contributed by atoms with Gasteiger partial charge in [-0.05, 0) is 44.3 Å². The molecule has 1 unspecified atom stereocenters. The van der Waals surface area contributed by atoms with E-state index in [1.165, 1.54) is 19.3 Å². The summed E-state index contributed by atoms with van der Waals surface area (Å²) >= 11 is 1.67. The van der Waals surface area contributed by atoms with Crippen LogP contribution in [0.4, 0.5) is 0 Å². The molecule has 1 aromatic heterocycles. The van der Waals surface area contributed by atoms with Crippen LogP contribution in [0.2, 0.25) is 0 Å². The van der Waals surface area contributed by atoms with Crippen molar-refractivity contribution in [1.29, 1.82) is 0 Å². The number of nitrogens with zero attached hydrogens (tertiary/aromatic N) is 2. The number of rotatable bonds is 4. The molecule has 2 aliphatic heterocycles. The van der Waals surface area contributed by atoms with Crippen molar-refractivity contribution in [3.05, 3.63) is 22.4 Å². The van der Waals surface area contributed by atoms with Gasteiger partial charge in [-0.15, -0.1) is 11.3 Å². The summed E-state index contributed by atoms with van der Waals surface area (Å²) in [6.45, 7) is 6.19. The highest BCUT2D eigenvalue weighted by molar-refractivity contribution is 7.10. The number of piperidine rings is 2. The average Bonchev–Trinajstić information content (AvgIpc) is 3.12. The molecule has 0 amide bonds. The standard InChI is InChI=1S/C19H31N2O2S.HI/c1-19(17-8-7-15-24-17,20-11-5-4-6-12-20)18(22)23-16-9-13-21(2,3)14-10-16;/h7-8,15-16H,4-6,9-14H2,1-3H3;1H/q+1;/p-1. The third-order valence-corrected chi connectivity index (χ3v) is 6.85. The van der Waals surface area contributed by atoms with Crippen LogP contribution in [0.1, 0.15) is 43.9 Å². The summed E-state index contributed by atoms with van der Waals surface area (Å²) in [5.41, 5.74) is -0.629. The Morgan fingerprint density at radius 3 is 2.44 bits per heavy atom. The lowest BCUT2D eigenvalue weighted by Crippen LogP contribution is -3.00. The van der Waals surface area contributed by atoms with Gasteiger partial charge in [0.1, 0.15) is 6.10 Å². The van der Waals surface area contributed by atoms with Gasteiger partial charge in [-0.1, -0.05) is 12.5 Å². The van der Waals surface area contributed by atoms with Gasteiger partial charge in [-0.3, -0.25) is 4.90 Å². The molecule has 6 heteroatoms. The zero-order valence-electron chi connectivity index (χ0n) is 15.7. The van der Waals surface area contributed by atoms with E-state index in [2.05, 4.69) is 37.4 Å². The van der Waals surface area contributed by atoms with Gasteiger partial charge in [0, 0.05) is 17.7 Å². The third kappa shape index (κ3) is 4.76. The van der Waals surface area contributed by atoms with Crippen LogP contribution in [0.3, 0.4) is 0 Å². The first kappa shape index (κ1) is 21.1. The van der Waals surface area contributed by atoms with E-state index in [0.717, 1.165) is 48.4 Å². The largest absolute Gasteiger partial charge is 1.00 e. The molecule has 2 aliphatic rings. The van der Waals surface area contributed by atoms with E-state index in [-0.39, 0.29) is 36.0 Å². The number of carbonyl (C=O) groups is 1. The second-order valence-corrected chi connectivity index (χ2v) is 9.03. The van der Waals surface area contributed by atoms with Gasteiger partial charge in [-0.2, -0.15) is 0 Å². The molecule has 0 spiro atoms. The van der Waals surface area contributed by atoms with Crippen molar-refractivity contribution in [3.63, 3.8) is 0 Å². The highest BCUT2D eigenvalue weighted by Gasteiger charge is 2.45. The van der Waals surface area contributed by atoms with Crippen molar-refractivity contribution in [3.8, 4) is 0 Å². The van der Waals surface area contributed by atoms with Gasteiger partial charge in [0.2, 0.25) is 0 Å². The first-order valence-corrected chi connectivity index (χ1v) is 10.1. The van der Waals surface area contributed by atoms with E-state index >= 15 is 0 Å². The fourth-order valence-electron chi connectivity index (χ4n) is 3.91. The normalized spacial score (nSPS) is 24.1. The molecule has 0 aromatic carbocycles. The molecule has 1 atom stereocenters. The van der Waals surface area contributed by atoms with E-state index in [1.807, 2.05) is 6.07 Å². The molecule has 142 valence electrons. The number of esters is 1. The smallest absolute Gasteiger partial charge is 0.332 e. The third-order valence-electron chi connectivity index (χ3n) is 5.77. The van der Waals surface area contributed by atoms with Gasteiger partial charge in [0.15, 0.2) is 5.54 Å². The van der Waals surface area contributed by atoms with Crippen molar-refractivity contribution < 1.29 is 38.0 Å². The number of thiophene rings is 1. The van der Waals surface area contributed by atoms with Crippen LogP contribution in [-0.2, 0) is 15.1 Å². The number of hydrogen-bond donors (Lipinski definition) is 0. The Morgan fingerprint density at radius 2 is 1.88 bits per heavy atom. The minimum absolute atomic E-state index is 0. The lowest BCUT2D eigenvalue weighted by atomic mass is 9.94. The number of carbonyl (C=O) groups excluding carboxylic acids is 1. The van der Waals surface area contributed by atoms with Crippen molar-refractivity contribution in [2.75, 3.05) is 40.3 Å². The van der Waals surface area contributed by atoms with Crippen molar-refractivity contribution in [2.24, 2.45) is 0 Å². The average molecular weight is 478 g/mol.